The number of benzene rings is 2. The van der Waals surface area contributed by atoms with Crippen molar-refractivity contribution < 1.29 is 9.72 Å². The van der Waals surface area contributed by atoms with E-state index in [2.05, 4.69) is 31.1 Å². The molecule has 0 saturated carbocycles. The van der Waals surface area contributed by atoms with Gasteiger partial charge < -0.3 is 5.32 Å². The number of carbonyl (C=O) groups excluding carboxylic acids is 1. The summed E-state index contributed by atoms with van der Waals surface area (Å²) in [6.45, 7) is 6.14. The molecule has 0 aliphatic rings. The summed E-state index contributed by atoms with van der Waals surface area (Å²) >= 11 is 1.28. The zero-order valence-corrected chi connectivity index (χ0v) is 19.2. The SMILES string of the molecule is CC(C)(C)c1ccc(NC(=O)Cn2cnc3scc(-c4cccc([N+](=O)[O-])c4)c3c2=O)cc1. The second-order valence-corrected chi connectivity index (χ2v) is 9.55. The summed E-state index contributed by atoms with van der Waals surface area (Å²) in [5.41, 5.74) is 2.47. The van der Waals surface area contributed by atoms with E-state index in [1.807, 2.05) is 24.3 Å². The van der Waals surface area contributed by atoms with Gasteiger partial charge in [0.2, 0.25) is 5.91 Å². The Hall–Kier alpha value is -3.85. The van der Waals surface area contributed by atoms with Crippen LogP contribution < -0.4 is 10.9 Å². The molecule has 0 unspecified atom stereocenters. The summed E-state index contributed by atoms with van der Waals surface area (Å²) < 4.78 is 1.24. The number of fused-ring (bicyclic) bond motifs is 1. The molecule has 168 valence electrons. The van der Waals surface area contributed by atoms with Crippen LogP contribution in [-0.4, -0.2) is 20.4 Å². The Morgan fingerprint density at radius 2 is 1.91 bits per heavy atom. The maximum Gasteiger partial charge on any atom is 0.270 e. The molecule has 0 saturated heterocycles. The molecule has 8 nitrogen and oxygen atoms in total. The first-order chi connectivity index (χ1) is 15.6. The number of hydrogen-bond acceptors (Lipinski definition) is 6. The van der Waals surface area contributed by atoms with Crippen LogP contribution >= 0.6 is 11.3 Å². The second kappa shape index (κ2) is 8.59. The Morgan fingerprint density at radius 1 is 1.18 bits per heavy atom. The molecule has 0 bridgehead atoms. The van der Waals surface area contributed by atoms with Gasteiger partial charge in [-0.05, 0) is 28.7 Å². The van der Waals surface area contributed by atoms with Crippen LogP contribution in [0.1, 0.15) is 26.3 Å². The predicted molar refractivity (Wildman–Crippen MR) is 130 cm³/mol. The minimum Gasteiger partial charge on any atom is -0.325 e. The van der Waals surface area contributed by atoms with E-state index in [4.69, 9.17) is 0 Å². The maximum absolute atomic E-state index is 13.2. The van der Waals surface area contributed by atoms with E-state index < -0.39 is 4.92 Å². The monoisotopic (exact) mass is 462 g/mol. The van der Waals surface area contributed by atoms with E-state index in [9.17, 15) is 19.7 Å². The first-order valence-electron chi connectivity index (χ1n) is 10.3. The molecule has 0 atom stereocenters. The average Bonchev–Trinajstić information content (AvgIpc) is 3.20. The number of rotatable bonds is 5. The van der Waals surface area contributed by atoms with Crippen molar-refractivity contribution in [2.24, 2.45) is 0 Å². The van der Waals surface area contributed by atoms with Crippen molar-refractivity contribution in [2.75, 3.05) is 5.32 Å². The van der Waals surface area contributed by atoms with Crippen molar-refractivity contribution in [1.82, 2.24) is 9.55 Å². The average molecular weight is 463 g/mol. The largest absolute Gasteiger partial charge is 0.325 e. The minimum atomic E-state index is -0.479. The Labute approximate surface area is 193 Å². The summed E-state index contributed by atoms with van der Waals surface area (Å²) in [6.07, 6.45) is 1.35. The third kappa shape index (κ3) is 4.68. The third-order valence-electron chi connectivity index (χ3n) is 5.28. The van der Waals surface area contributed by atoms with Gasteiger partial charge in [-0.15, -0.1) is 11.3 Å². The molecule has 1 amide bonds. The van der Waals surface area contributed by atoms with Gasteiger partial charge in [-0.2, -0.15) is 0 Å². The van der Waals surface area contributed by atoms with Gasteiger partial charge in [0.05, 0.1) is 16.6 Å². The summed E-state index contributed by atoms with van der Waals surface area (Å²) in [5.74, 6) is -0.353. The molecule has 0 aliphatic heterocycles. The summed E-state index contributed by atoms with van der Waals surface area (Å²) in [7, 11) is 0. The highest BCUT2D eigenvalue weighted by atomic mass is 32.1. The number of amides is 1. The Morgan fingerprint density at radius 3 is 2.58 bits per heavy atom. The number of nitrogens with one attached hydrogen (secondary N) is 1. The van der Waals surface area contributed by atoms with Crippen molar-refractivity contribution in [3.63, 3.8) is 0 Å². The number of nitro groups is 1. The lowest BCUT2D eigenvalue weighted by molar-refractivity contribution is -0.384. The standard InChI is InChI=1S/C24H22N4O4S/c1-24(2,3)16-7-9-17(10-8-16)26-20(29)12-27-14-25-22-21(23(27)30)19(13-33-22)15-5-4-6-18(11-15)28(31)32/h4-11,13-14H,12H2,1-3H3,(H,26,29). The number of aromatic nitrogens is 2. The minimum absolute atomic E-state index is 0.00829. The Balaban J connectivity index is 1.60. The summed E-state index contributed by atoms with van der Waals surface area (Å²) in [6, 6.07) is 13.7. The number of nitrogens with zero attached hydrogens (tertiary/aromatic N) is 3. The fraction of sp³-hybridized carbons (Fsp3) is 0.208. The molecule has 4 rings (SSSR count). The molecule has 4 aromatic rings. The molecule has 2 aromatic heterocycles. The Kier molecular flexibility index (Phi) is 5.82. The fourth-order valence-corrected chi connectivity index (χ4v) is 4.39. The Bertz CT molecular complexity index is 1420. The number of non-ortho nitro benzene ring substituents is 1. The summed E-state index contributed by atoms with van der Waals surface area (Å²) in [5, 5.41) is 16.0. The van der Waals surface area contributed by atoms with Crippen LogP contribution in [0.3, 0.4) is 0 Å². The molecule has 0 fully saturated rings. The molecule has 2 aromatic carbocycles. The number of anilines is 1. The topological polar surface area (TPSA) is 107 Å². The van der Waals surface area contributed by atoms with Crippen molar-refractivity contribution in [3.05, 3.63) is 86.3 Å². The van der Waals surface area contributed by atoms with E-state index >= 15 is 0 Å². The van der Waals surface area contributed by atoms with Crippen LogP contribution in [0, 0.1) is 10.1 Å². The van der Waals surface area contributed by atoms with Gasteiger partial charge in [-0.1, -0.05) is 45.0 Å². The van der Waals surface area contributed by atoms with Gasteiger partial charge in [-0.25, -0.2) is 4.98 Å². The molecule has 2 heterocycles. The number of thiophene rings is 1. The number of nitro benzene ring substituents is 1. The van der Waals surface area contributed by atoms with Gasteiger partial charge in [0.1, 0.15) is 11.4 Å². The van der Waals surface area contributed by atoms with Crippen LogP contribution in [-0.2, 0) is 16.8 Å². The normalized spacial score (nSPS) is 11.5. The van der Waals surface area contributed by atoms with Crippen molar-refractivity contribution >= 4 is 38.8 Å². The van der Waals surface area contributed by atoms with Crippen molar-refractivity contribution in [3.8, 4) is 11.1 Å². The lowest BCUT2D eigenvalue weighted by atomic mass is 9.87. The highest BCUT2D eigenvalue weighted by molar-refractivity contribution is 7.17. The van der Waals surface area contributed by atoms with Crippen LogP contribution in [0.5, 0.6) is 0 Å². The van der Waals surface area contributed by atoms with E-state index in [0.717, 1.165) is 5.56 Å². The van der Waals surface area contributed by atoms with Gasteiger partial charge in [0.15, 0.2) is 0 Å². The fourth-order valence-electron chi connectivity index (χ4n) is 3.49. The van der Waals surface area contributed by atoms with E-state index in [-0.39, 0.29) is 29.1 Å². The van der Waals surface area contributed by atoms with Crippen LogP contribution in [0.4, 0.5) is 11.4 Å². The van der Waals surface area contributed by atoms with Crippen molar-refractivity contribution in [2.45, 2.75) is 32.7 Å². The molecule has 33 heavy (non-hydrogen) atoms. The van der Waals surface area contributed by atoms with Gasteiger partial charge in [0.25, 0.3) is 11.2 Å². The van der Waals surface area contributed by atoms with Crippen LogP contribution in [0.15, 0.2) is 65.0 Å². The molecule has 9 heteroatoms. The summed E-state index contributed by atoms with van der Waals surface area (Å²) in [4.78, 5) is 41.2. The predicted octanol–water partition coefficient (Wildman–Crippen LogP) is 4.97. The lowest BCUT2D eigenvalue weighted by Gasteiger charge is -2.19. The molecule has 0 radical (unpaired) electrons. The van der Waals surface area contributed by atoms with E-state index in [1.54, 1.807) is 17.5 Å². The smallest absolute Gasteiger partial charge is 0.270 e. The highest BCUT2D eigenvalue weighted by Gasteiger charge is 2.17. The van der Waals surface area contributed by atoms with E-state index in [1.165, 1.54) is 34.4 Å². The quantitative estimate of drug-likeness (QED) is 0.333. The van der Waals surface area contributed by atoms with E-state index in [0.29, 0.717) is 27.0 Å². The third-order valence-corrected chi connectivity index (χ3v) is 6.16. The first-order valence-corrected chi connectivity index (χ1v) is 11.1. The number of carbonyl (C=O) groups is 1. The molecular weight excluding hydrogens is 440 g/mol. The molecular formula is C24H22N4O4S. The van der Waals surface area contributed by atoms with Gasteiger partial charge in [-0.3, -0.25) is 24.3 Å². The van der Waals surface area contributed by atoms with Gasteiger partial charge in [0, 0.05) is 28.8 Å². The number of hydrogen-bond donors (Lipinski definition) is 1. The maximum atomic E-state index is 13.2. The zero-order chi connectivity index (χ0) is 23.8. The lowest BCUT2D eigenvalue weighted by Crippen LogP contribution is -2.27. The second-order valence-electron chi connectivity index (χ2n) is 8.69. The highest BCUT2D eigenvalue weighted by Crippen LogP contribution is 2.32. The van der Waals surface area contributed by atoms with Crippen LogP contribution in [0.2, 0.25) is 0 Å². The molecule has 1 N–H and O–H groups in total. The molecule has 0 aliphatic carbocycles. The van der Waals surface area contributed by atoms with Gasteiger partial charge >= 0.3 is 0 Å². The first kappa shape index (κ1) is 22.3. The zero-order valence-electron chi connectivity index (χ0n) is 18.4. The molecule has 0 spiro atoms. The van der Waals surface area contributed by atoms with Crippen molar-refractivity contribution in [1.29, 1.82) is 0 Å². The van der Waals surface area contributed by atoms with Crippen LogP contribution in [0.25, 0.3) is 21.3 Å².